The minimum Gasteiger partial charge on any atom is -0.321 e. The van der Waals surface area contributed by atoms with Gasteiger partial charge >= 0.3 is 6.18 Å². The van der Waals surface area contributed by atoms with Gasteiger partial charge in [0, 0.05) is 43.6 Å². The Hall–Kier alpha value is -3.49. The molecule has 2 saturated heterocycles. The maximum absolute atomic E-state index is 14.7. The summed E-state index contributed by atoms with van der Waals surface area (Å²) in [5.41, 5.74) is 3.39. The topological polar surface area (TPSA) is 45.1 Å². The van der Waals surface area contributed by atoms with Crippen LogP contribution < -0.4 is 0 Å². The molecule has 228 valence electrons. The standard InChI is InChI=1S/C36H36F3N3O2/c1-34-20-25-9-5-6-10-28(25)29(34)19-31-35(44-32(40-31)24-11-13-26(14-12-24)36(37,38)39)21-30(34)33(43)42(35)27-15-17-41(18-16-27)22-23-7-3-2-4-8-23/h2-14,27,29-30,32H,15-22H2,1H3/t29?,30-,32-,34+,35+/m1/s1. The highest BCUT2D eigenvalue weighted by Crippen LogP contribution is 2.63. The predicted molar refractivity (Wildman–Crippen MR) is 161 cm³/mol. The lowest BCUT2D eigenvalue weighted by atomic mass is 9.67. The van der Waals surface area contributed by atoms with E-state index in [1.807, 2.05) is 11.0 Å². The lowest BCUT2D eigenvalue weighted by Crippen LogP contribution is -2.59. The van der Waals surface area contributed by atoms with Gasteiger partial charge in [-0.3, -0.25) is 14.7 Å². The molecule has 1 spiro atoms. The molecule has 3 aromatic rings. The van der Waals surface area contributed by atoms with Gasteiger partial charge in [0.15, 0.2) is 12.0 Å². The number of hydrogen-bond donors (Lipinski definition) is 0. The Morgan fingerprint density at radius 2 is 1.64 bits per heavy atom. The van der Waals surface area contributed by atoms with Crippen molar-refractivity contribution in [2.75, 3.05) is 13.1 Å². The highest BCUT2D eigenvalue weighted by atomic mass is 19.4. The summed E-state index contributed by atoms with van der Waals surface area (Å²) in [6, 6.07) is 24.1. The molecule has 1 unspecified atom stereocenters. The molecule has 1 amide bonds. The van der Waals surface area contributed by atoms with E-state index in [1.54, 1.807) is 0 Å². The molecule has 3 fully saturated rings. The van der Waals surface area contributed by atoms with E-state index in [-0.39, 0.29) is 29.2 Å². The summed E-state index contributed by atoms with van der Waals surface area (Å²) in [4.78, 5) is 24.3. The van der Waals surface area contributed by atoms with Crippen LogP contribution in [0, 0.1) is 11.3 Å². The number of nitrogens with zero attached hydrogens (tertiary/aromatic N) is 3. The third-order valence-electron chi connectivity index (χ3n) is 11.1. The summed E-state index contributed by atoms with van der Waals surface area (Å²) in [7, 11) is 0. The van der Waals surface area contributed by atoms with Gasteiger partial charge in [-0.2, -0.15) is 13.2 Å². The molecule has 3 aliphatic heterocycles. The summed E-state index contributed by atoms with van der Waals surface area (Å²) in [5.74, 6) is 0.0617. The fraction of sp³-hybridized carbons (Fsp3) is 0.444. The summed E-state index contributed by atoms with van der Waals surface area (Å²) in [6.07, 6.45) is -1.42. The molecule has 2 bridgehead atoms. The Labute approximate surface area is 255 Å². The van der Waals surface area contributed by atoms with Crippen LogP contribution in [0.3, 0.4) is 0 Å². The Kier molecular flexibility index (Phi) is 6.37. The maximum atomic E-state index is 14.7. The second-order valence-electron chi connectivity index (χ2n) is 13.5. The number of alkyl halides is 3. The van der Waals surface area contributed by atoms with E-state index >= 15 is 0 Å². The second kappa shape index (κ2) is 10.0. The van der Waals surface area contributed by atoms with Crippen LogP contribution in [0.1, 0.15) is 72.6 Å². The molecule has 0 radical (unpaired) electrons. The Balaban J connectivity index is 1.14. The highest BCUT2D eigenvalue weighted by Gasteiger charge is 2.68. The van der Waals surface area contributed by atoms with Gasteiger partial charge in [-0.05, 0) is 65.8 Å². The number of fused-ring (bicyclic) bond motifs is 5. The molecule has 44 heavy (non-hydrogen) atoms. The van der Waals surface area contributed by atoms with Crippen molar-refractivity contribution in [3.05, 3.63) is 107 Å². The summed E-state index contributed by atoms with van der Waals surface area (Å²) in [6.45, 7) is 4.91. The molecule has 5 nitrogen and oxygen atoms in total. The Morgan fingerprint density at radius 1 is 0.932 bits per heavy atom. The SMILES string of the molecule is C[C@]12Cc3ccccc3C1CC1=N[C@@H](c3ccc(C(F)(F)F)cc3)O[C@@]13C[C@@H]2C(=O)N3C1CCN(Cc2ccccc2)CC1. The monoisotopic (exact) mass is 599 g/mol. The van der Waals surface area contributed by atoms with Crippen molar-refractivity contribution >= 4 is 11.6 Å². The number of rotatable bonds is 4. The van der Waals surface area contributed by atoms with Crippen LogP contribution in [0.5, 0.6) is 0 Å². The first-order chi connectivity index (χ1) is 21.2. The summed E-state index contributed by atoms with van der Waals surface area (Å²) < 4.78 is 46.9. The van der Waals surface area contributed by atoms with Crippen LogP contribution in [-0.2, 0) is 28.7 Å². The molecule has 5 aliphatic rings. The average Bonchev–Trinajstić information content (AvgIpc) is 3.61. The zero-order chi connectivity index (χ0) is 30.3. The van der Waals surface area contributed by atoms with E-state index in [0.717, 1.165) is 56.7 Å². The minimum atomic E-state index is -4.41. The van der Waals surface area contributed by atoms with E-state index in [2.05, 4.69) is 60.4 Å². The fourth-order valence-corrected chi connectivity index (χ4v) is 8.88. The number of halogens is 3. The molecule has 8 rings (SSSR count). The zero-order valence-corrected chi connectivity index (χ0v) is 24.8. The van der Waals surface area contributed by atoms with Crippen molar-refractivity contribution in [3.8, 4) is 0 Å². The van der Waals surface area contributed by atoms with Crippen LogP contribution in [0.2, 0.25) is 0 Å². The molecule has 0 N–H and O–H groups in total. The maximum Gasteiger partial charge on any atom is 0.416 e. The van der Waals surface area contributed by atoms with Crippen molar-refractivity contribution in [1.82, 2.24) is 9.80 Å². The average molecular weight is 600 g/mol. The normalized spacial score (nSPS) is 31.8. The molecule has 0 aromatic heterocycles. The van der Waals surface area contributed by atoms with Crippen molar-refractivity contribution < 1.29 is 22.7 Å². The third kappa shape index (κ3) is 4.28. The van der Waals surface area contributed by atoms with Crippen LogP contribution in [0.15, 0.2) is 83.9 Å². The van der Waals surface area contributed by atoms with Crippen LogP contribution in [-0.4, -0.2) is 46.3 Å². The van der Waals surface area contributed by atoms with Gasteiger partial charge in [0.25, 0.3) is 0 Å². The van der Waals surface area contributed by atoms with Gasteiger partial charge in [-0.15, -0.1) is 0 Å². The Morgan fingerprint density at radius 3 is 2.36 bits per heavy atom. The predicted octanol–water partition coefficient (Wildman–Crippen LogP) is 7.13. The third-order valence-corrected chi connectivity index (χ3v) is 11.1. The smallest absolute Gasteiger partial charge is 0.321 e. The fourth-order valence-electron chi connectivity index (χ4n) is 8.88. The number of hydrogen-bond acceptors (Lipinski definition) is 4. The second-order valence-corrected chi connectivity index (χ2v) is 13.5. The largest absolute Gasteiger partial charge is 0.416 e. The van der Waals surface area contributed by atoms with Gasteiger partial charge in [0.05, 0.1) is 11.3 Å². The van der Waals surface area contributed by atoms with Crippen LogP contribution in [0.4, 0.5) is 13.2 Å². The number of amides is 1. The summed E-state index contributed by atoms with van der Waals surface area (Å²) >= 11 is 0. The summed E-state index contributed by atoms with van der Waals surface area (Å²) in [5, 5.41) is 0. The quantitative estimate of drug-likeness (QED) is 0.321. The molecule has 5 atom stereocenters. The molecule has 3 heterocycles. The first kappa shape index (κ1) is 28.0. The number of benzene rings is 3. The number of piperidine rings is 1. The molecular formula is C36H36F3N3O2. The van der Waals surface area contributed by atoms with Crippen molar-refractivity contribution in [3.63, 3.8) is 0 Å². The first-order valence-corrected chi connectivity index (χ1v) is 15.8. The molecule has 2 aliphatic carbocycles. The first-order valence-electron chi connectivity index (χ1n) is 15.8. The Bertz CT molecular complexity index is 1620. The zero-order valence-electron chi connectivity index (χ0n) is 24.8. The van der Waals surface area contributed by atoms with Gasteiger partial charge < -0.3 is 9.64 Å². The number of ether oxygens (including phenoxy) is 1. The van der Waals surface area contributed by atoms with Crippen molar-refractivity contribution in [2.24, 2.45) is 16.3 Å². The molecule has 8 heteroatoms. The van der Waals surface area contributed by atoms with E-state index in [0.29, 0.717) is 18.4 Å². The number of likely N-dealkylation sites (tertiary alicyclic amines) is 2. The van der Waals surface area contributed by atoms with Crippen molar-refractivity contribution in [1.29, 1.82) is 0 Å². The van der Waals surface area contributed by atoms with Gasteiger partial charge in [0.2, 0.25) is 5.91 Å². The van der Waals surface area contributed by atoms with E-state index in [4.69, 9.17) is 9.73 Å². The lowest BCUT2D eigenvalue weighted by molar-refractivity contribution is -0.159. The molecule has 3 aromatic carbocycles. The van der Waals surface area contributed by atoms with Crippen LogP contribution >= 0.6 is 0 Å². The molecule has 1 saturated carbocycles. The van der Waals surface area contributed by atoms with Crippen molar-refractivity contribution in [2.45, 2.75) is 75.7 Å². The number of aliphatic imine (C=N–C) groups is 1. The van der Waals surface area contributed by atoms with E-state index < -0.39 is 23.7 Å². The number of carbonyl (C=O) groups excluding carboxylic acids is 1. The lowest BCUT2D eigenvalue weighted by Gasteiger charge is -2.45. The minimum absolute atomic E-state index is 0.0139. The van der Waals surface area contributed by atoms with E-state index in [1.165, 1.54) is 28.8 Å². The molecular weight excluding hydrogens is 563 g/mol. The number of carbonyl (C=O) groups is 1. The van der Waals surface area contributed by atoms with Crippen LogP contribution in [0.25, 0.3) is 0 Å². The van der Waals surface area contributed by atoms with Gasteiger partial charge in [-0.25, -0.2) is 0 Å². The van der Waals surface area contributed by atoms with Gasteiger partial charge in [-0.1, -0.05) is 73.7 Å². The highest BCUT2D eigenvalue weighted by molar-refractivity contribution is 6.02. The van der Waals surface area contributed by atoms with Gasteiger partial charge in [0.1, 0.15) is 0 Å². The van der Waals surface area contributed by atoms with E-state index in [9.17, 15) is 18.0 Å².